The second-order valence-corrected chi connectivity index (χ2v) is 7.66. The number of amides is 1. The van der Waals surface area contributed by atoms with E-state index in [1.807, 2.05) is 50.4 Å². The van der Waals surface area contributed by atoms with E-state index in [1.54, 1.807) is 6.20 Å². The largest absolute Gasteiger partial charge is 0.373 e. The highest BCUT2D eigenvalue weighted by Gasteiger charge is 2.22. The van der Waals surface area contributed by atoms with Crippen LogP contribution in [0, 0.1) is 6.92 Å². The lowest BCUT2D eigenvalue weighted by Crippen LogP contribution is -2.47. The number of nitrogens with zero attached hydrogens (tertiary/aromatic N) is 3. The molecule has 1 N–H and O–H groups in total. The van der Waals surface area contributed by atoms with Crippen LogP contribution < -0.4 is 10.2 Å². The molecule has 1 aromatic heterocycles. The molecule has 150 valence electrons. The lowest BCUT2D eigenvalue weighted by atomic mass is 10.2. The van der Waals surface area contributed by atoms with Crippen molar-refractivity contribution >= 4 is 17.4 Å². The van der Waals surface area contributed by atoms with E-state index in [0.717, 1.165) is 43.2 Å². The van der Waals surface area contributed by atoms with Gasteiger partial charge in [-0.25, -0.2) is 4.98 Å². The van der Waals surface area contributed by atoms with Gasteiger partial charge in [-0.3, -0.25) is 9.69 Å². The van der Waals surface area contributed by atoms with Crippen molar-refractivity contribution in [2.75, 3.05) is 43.4 Å². The zero-order valence-electron chi connectivity index (χ0n) is 17.2. The van der Waals surface area contributed by atoms with Crippen LogP contribution >= 0.6 is 0 Å². The Morgan fingerprint density at radius 3 is 2.46 bits per heavy atom. The molecular weight excluding hydrogens is 352 g/mol. The maximum Gasteiger partial charge on any atom is 0.257 e. The summed E-state index contributed by atoms with van der Waals surface area (Å²) in [6.45, 7) is 10.0. The van der Waals surface area contributed by atoms with Crippen LogP contribution in [0.25, 0.3) is 0 Å². The second-order valence-electron chi connectivity index (χ2n) is 7.66. The van der Waals surface area contributed by atoms with E-state index in [1.165, 1.54) is 0 Å². The quantitative estimate of drug-likeness (QED) is 0.832. The molecule has 0 bridgehead atoms. The number of nitrogens with one attached hydrogen (secondary N) is 1. The number of hydrogen-bond acceptors (Lipinski definition) is 5. The number of rotatable bonds is 6. The molecule has 28 heavy (non-hydrogen) atoms. The Morgan fingerprint density at radius 1 is 1.18 bits per heavy atom. The van der Waals surface area contributed by atoms with Crippen molar-refractivity contribution < 1.29 is 9.53 Å². The summed E-state index contributed by atoms with van der Waals surface area (Å²) in [4.78, 5) is 21.4. The van der Waals surface area contributed by atoms with Crippen molar-refractivity contribution in [1.82, 2.24) is 9.88 Å². The average Bonchev–Trinajstić information content (AvgIpc) is 2.67. The highest BCUT2D eigenvalue weighted by molar-refractivity contribution is 6.04. The molecule has 1 aromatic carbocycles. The summed E-state index contributed by atoms with van der Waals surface area (Å²) >= 11 is 0. The van der Waals surface area contributed by atoms with E-state index in [9.17, 15) is 4.79 Å². The standard InChI is InChI=1S/C22H30N4O2/c1-16-5-8-20(9-6-16)24-22(27)19-7-10-21(23-13-19)25(4)11-12-26-14-17(2)28-18(3)15-26/h5-10,13,17-18H,11-12,14-15H2,1-4H3,(H,24,27)/t17-,18+. The Balaban J connectivity index is 1.52. The van der Waals surface area contributed by atoms with Crippen molar-refractivity contribution in [2.45, 2.75) is 33.0 Å². The predicted octanol–water partition coefficient (Wildman–Crippen LogP) is 3.19. The van der Waals surface area contributed by atoms with Crippen LogP contribution in [0.15, 0.2) is 42.6 Å². The first-order chi connectivity index (χ1) is 13.4. The summed E-state index contributed by atoms with van der Waals surface area (Å²) in [7, 11) is 2.03. The summed E-state index contributed by atoms with van der Waals surface area (Å²) in [6, 6.07) is 11.5. The molecule has 0 spiro atoms. The van der Waals surface area contributed by atoms with E-state index in [0.29, 0.717) is 5.56 Å². The van der Waals surface area contributed by atoms with Crippen LogP contribution in [-0.2, 0) is 4.74 Å². The lowest BCUT2D eigenvalue weighted by molar-refractivity contribution is -0.0670. The maximum atomic E-state index is 12.4. The zero-order valence-corrected chi connectivity index (χ0v) is 17.2. The Morgan fingerprint density at radius 2 is 1.86 bits per heavy atom. The van der Waals surface area contributed by atoms with E-state index in [2.05, 4.69) is 33.9 Å². The van der Waals surface area contributed by atoms with Crippen molar-refractivity contribution in [1.29, 1.82) is 0 Å². The molecule has 2 atom stereocenters. The van der Waals surface area contributed by atoms with E-state index < -0.39 is 0 Å². The Labute approximate surface area is 167 Å². The molecule has 3 rings (SSSR count). The molecule has 1 fully saturated rings. The summed E-state index contributed by atoms with van der Waals surface area (Å²) < 4.78 is 5.79. The summed E-state index contributed by atoms with van der Waals surface area (Å²) in [5.74, 6) is 0.711. The van der Waals surface area contributed by atoms with Gasteiger partial charge in [0.05, 0.1) is 17.8 Å². The van der Waals surface area contributed by atoms with Gasteiger partial charge in [0.25, 0.3) is 5.91 Å². The van der Waals surface area contributed by atoms with Gasteiger partial charge in [0, 0.05) is 45.1 Å². The van der Waals surface area contributed by atoms with Crippen LogP contribution in [0.1, 0.15) is 29.8 Å². The molecular formula is C22H30N4O2. The summed E-state index contributed by atoms with van der Waals surface area (Å²) in [5, 5.41) is 2.90. The molecule has 0 radical (unpaired) electrons. The van der Waals surface area contributed by atoms with Crippen LogP contribution in [0.3, 0.4) is 0 Å². The number of carbonyl (C=O) groups is 1. The molecule has 0 aliphatic carbocycles. The Kier molecular flexibility index (Phi) is 6.65. The smallest absolute Gasteiger partial charge is 0.257 e. The molecule has 2 heterocycles. The molecule has 1 aliphatic rings. The number of hydrogen-bond donors (Lipinski definition) is 1. The van der Waals surface area contributed by atoms with Crippen LogP contribution in [0.4, 0.5) is 11.5 Å². The SMILES string of the molecule is Cc1ccc(NC(=O)c2ccc(N(C)CCN3C[C@@H](C)O[C@@H](C)C3)nc2)cc1. The van der Waals surface area contributed by atoms with Gasteiger partial charge in [0.15, 0.2) is 0 Å². The third kappa shape index (κ3) is 5.53. The van der Waals surface area contributed by atoms with E-state index >= 15 is 0 Å². The number of anilines is 2. The first kappa shape index (κ1) is 20.3. The van der Waals surface area contributed by atoms with Gasteiger partial charge < -0.3 is 15.0 Å². The molecule has 2 aromatic rings. The first-order valence-electron chi connectivity index (χ1n) is 9.83. The number of ether oxygens (including phenoxy) is 1. The predicted molar refractivity (Wildman–Crippen MR) is 113 cm³/mol. The number of aryl methyl sites for hydroxylation is 1. The molecule has 0 saturated carbocycles. The Bertz CT molecular complexity index is 766. The fraction of sp³-hybridized carbons (Fsp3) is 0.455. The van der Waals surface area contributed by atoms with Crippen molar-refractivity contribution in [3.8, 4) is 0 Å². The molecule has 6 heteroatoms. The molecule has 1 aliphatic heterocycles. The van der Waals surface area contributed by atoms with Gasteiger partial charge in [0.1, 0.15) is 5.82 Å². The number of aromatic nitrogens is 1. The van der Waals surface area contributed by atoms with Crippen molar-refractivity contribution in [3.63, 3.8) is 0 Å². The molecule has 1 amide bonds. The number of pyridine rings is 1. The lowest BCUT2D eigenvalue weighted by Gasteiger charge is -2.36. The van der Waals surface area contributed by atoms with Gasteiger partial charge in [-0.2, -0.15) is 0 Å². The highest BCUT2D eigenvalue weighted by atomic mass is 16.5. The number of carbonyl (C=O) groups excluding carboxylic acids is 1. The maximum absolute atomic E-state index is 12.4. The number of likely N-dealkylation sites (N-methyl/N-ethyl adjacent to an activating group) is 1. The highest BCUT2D eigenvalue weighted by Crippen LogP contribution is 2.14. The van der Waals surface area contributed by atoms with Gasteiger partial charge >= 0.3 is 0 Å². The van der Waals surface area contributed by atoms with Crippen LogP contribution in [0.5, 0.6) is 0 Å². The monoisotopic (exact) mass is 382 g/mol. The number of benzene rings is 1. The first-order valence-corrected chi connectivity index (χ1v) is 9.83. The molecule has 0 unspecified atom stereocenters. The van der Waals surface area contributed by atoms with Gasteiger partial charge in [-0.1, -0.05) is 17.7 Å². The normalized spacial score (nSPS) is 20.0. The number of morpholine rings is 1. The van der Waals surface area contributed by atoms with E-state index in [-0.39, 0.29) is 18.1 Å². The minimum atomic E-state index is -0.151. The third-order valence-electron chi connectivity index (χ3n) is 4.96. The minimum Gasteiger partial charge on any atom is -0.373 e. The van der Waals surface area contributed by atoms with Gasteiger partial charge in [-0.05, 0) is 45.0 Å². The topological polar surface area (TPSA) is 57.7 Å². The van der Waals surface area contributed by atoms with Crippen LogP contribution in [0.2, 0.25) is 0 Å². The zero-order chi connectivity index (χ0) is 20.1. The van der Waals surface area contributed by atoms with Gasteiger partial charge in [-0.15, -0.1) is 0 Å². The van der Waals surface area contributed by atoms with Crippen LogP contribution in [-0.4, -0.2) is 61.2 Å². The molecule has 1 saturated heterocycles. The Hall–Kier alpha value is -2.44. The van der Waals surface area contributed by atoms with Crippen molar-refractivity contribution in [2.24, 2.45) is 0 Å². The fourth-order valence-corrected chi connectivity index (χ4v) is 3.46. The fourth-order valence-electron chi connectivity index (χ4n) is 3.46. The summed E-state index contributed by atoms with van der Waals surface area (Å²) in [6.07, 6.45) is 2.19. The van der Waals surface area contributed by atoms with E-state index in [4.69, 9.17) is 4.74 Å². The van der Waals surface area contributed by atoms with Gasteiger partial charge in [0.2, 0.25) is 0 Å². The summed E-state index contributed by atoms with van der Waals surface area (Å²) in [5.41, 5.74) is 2.49. The average molecular weight is 383 g/mol. The second kappa shape index (κ2) is 9.17. The minimum absolute atomic E-state index is 0.151. The third-order valence-corrected chi connectivity index (χ3v) is 4.96. The van der Waals surface area contributed by atoms with Crippen molar-refractivity contribution in [3.05, 3.63) is 53.7 Å². The molecule has 6 nitrogen and oxygen atoms in total.